The SMILES string of the molecule is CCC1C(=O)c2cc(O)c(O)cc2Sc2ccc(-c3cc4ccccc4s3)cc21. The summed E-state index contributed by atoms with van der Waals surface area (Å²) in [5.74, 6) is -0.763. The number of carbonyl (C=O) groups is 1. The second kappa shape index (κ2) is 6.94. The summed E-state index contributed by atoms with van der Waals surface area (Å²) in [6.45, 7) is 2.01. The van der Waals surface area contributed by atoms with Crippen LogP contribution in [-0.2, 0) is 0 Å². The molecule has 5 heteroatoms. The van der Waals surface area contributed by atoms with Crippen LogP contribution in [0.4, 0.5) is 0 Å². The maximum atomic E-state index is 13.3. The normalized spacial score (nSPS) is 15.8. The molecule has 0 amide bonds. The molecule has 2 N–H and O–H groups in total. The summed E-state index contributed by atoms with van der Waals surface area (Å²) in [6, 6.07) is 19.7. The molecule has 0 saturated carbocycles. The standard InChI is InChI=1S/C24H18O3S2/c1-2-15-16-9-14(22-10-13-5-3-4-6-20(13)28-22)7-8-21(16)29-23-12-19(26)18(25)11-17(23)24(15)27/h3-12,15,25-26H,2H2,1H3. The molecule has 0 radical (unpaired) electrons. The van der Waals surface area contributed by atoms with Crippen molar-refractivity contribution < 1.29 is 15.0 Å². The lowest BCUT2D eigenvalue weighted by Crippen LogP contribution is -2.12. The summed E-state index contributed by atoms with van der Waals surface area (Å²) in [4.78, 5) is 16.1. The van der Waals surface area contributed by atoms with Gasteiger partial charge in [0.2, 0.25) is 0 Å². The Morgan fingerprint density at radius 3 is 2.52 bits per heavy atom. The molecule has 0 spiro atoms. The van der Waals surface area contributed by atoms with E-state index in [1.165, 1.54) is 38.9 Å². The van der Waals surface area contributed by atoms with Crippen LogP contribution in [0.3, 0.4) is 0 Å². The molecule has 0 bridgehead atoms. The molecule has 0 saturated heterocycles. The monoisotopic (exact) mass is 418 g/mol. The van der Waals surface area contributed by atoms with E-state index in [1.807, 2.05) is 19.1 Å². The van der Waals surface area contributed by atoms with Crippen LogP contribution in [0, 0.1) is 0 Å². The largest absolute Gasteiger partial charge is 0.504 e. The third kappa shape index (κ3) is 3.02. The highest BCUT2D eigenvalue weighted by Crippen LogP contribution is 2.47. The Morgan fingerprint density at radius 1 is 0.931 bits per heavy atom. The molecule has 5 rings (SSSR count). The van der Waals surface area contributed by atoms with E-state index >= 15 is 0 Å². The van der Waals surface area contributed by atoms with Crippen LogP contribution in [0.1, 0.15) is 35.2 Å². The summed E-state index contributed by atoms with van der Waals surface area (Å²) in [5, 5.41) is 21.0. The number of ketones is 1. The molecule has 0 aliphatic carbocycles. The number of carbonyl (C=O) groups excluding carboxylic acids is 1. The van der Waals surface area contributed by atoms with Gasteiger partial charge in [0.25, 0.3) is 0 Å². The minimum atomic E-state index is -0.281. The Kier molecular flexibility index (Phi) is 4.37. The molecule has 1 aromatic heterocycles. The Labute approximate surface area is 176 Å². The first-order chi connectivity index (χ1) is 14.0. The molecule has 2 heterocycles. The molecule has 144 valence electrons. The van der Waals surface area contributed by atoms with E-state index in [2.05, 4.69) is 36.4 Å². The van der Waals surface area contributed by atoms with Crippen molar-refractivity contribution >= 4 is 39.0 Å². The van der Waals surface area contributed by atoms with E-state index in [4.69, 9.17) is 0 Å². The average molecular weight is 419 g/mol. The lowest BCUT2D eigenvalue weighted by Gasteiger charge is -2.15. The zero-order chi connectivity index (χ0) is 20.1. The summed E-state index contributed by atoms with van der Waals surface area (Å²) >= 11 is 3.22. The second-order valence-electron chi connectivity index (χ2n) is 7.17. The average Bonchev–Trinajstić information content (AvgIpc) is 3.12. The number of fused-ring (bicyclic) bond motifs is 3. The van der Waals surface area contributed by atoms with Crippen LogP contribution in [0.5, 0.6) is 11.5 Å². The molecule has 1 aliphatic rings. The van der Waals surface area contributed by atoms with E-state index in [9.17, 15) is 15.0 Å². The van der Waals surface area contributed by atoms with Gasteiger partial charge in [0.05, 0.1) is 0 Å². The smallest absolute Gasteiger partial charge is 0.171 e. The van der Waals surface area contributed by atoms with E-state index < -0.39 is 0 Å². The topological polar surface area (TPSA) is 57.5 Å². The number of aromatic hydroxyl groups is 2. The highest BCUT2D eigenvalue weighted by atomic mass is 32.2. The highest BCUT2D eigenvalue weighted by molar-refractivity contribution is 7.99. The van der Waals surface area contributed by atoms with Crippen LogP contribution < -0.4 is 0 Å². The van der Waals surface area contributed by atoms with Crippen molar-refractivity contribution in [1.29, 1.82) is 0 Å². The first-order valence-electron chi connectivity index (χ1n) is 9.46. The van der Waals surface area contributed by atoms with Gasteiger partial charge in [0, 0.05) is 30.8 Å². The predicted molar refractivity (Wildman–Crippen MR) is 119 cm³/mol. The maximum absolute atomic E-state index is 13.3. The lowest BCUT2D eigenvalue weighted by atomic mass is 9.87. The van der Waals surface area contributed by atoms with E-state index in [1.54, 1.807) is 11.3 Å². The van der Waals surface area contributed by atoms with Crippen molar-refractivity contribution in [3.05, 3.63) is 71.8 Å². The molecule has 0 fully saturated rings. The van der Waals surface area contributed by atoms with Crippen LogP contribution in [0.2, 0.25) is 0 Å². The van der Waals surface area contributed by atoms with Gasteiger partial charge in [-0.2, -0.15) is 0 Å². The fraction of sp³-hybridized carbons (Fsp3) is 0.125. The molecule has 4 aromatic rings. The quantitative estimate of drug-likeness (QED) is 0.351. The van der Waals surface area contributed by atoms with E-state index in [0.29, 0.717) is 16.9 Å². The van der Waals surface area contributed by atoms with Crippen LogP contribution in [-0.4, -0.2) is 16.0 Å². The molecule has 1 aliphatic heterocycles. The molecule has 29 heavy (non-hydrogen) atoms. The van der Waals surface area contributed by atoms with Crippen molar-refractivity contribution in [2.24, 2.45) is 0 Å². The summed E-state index contributed by atoms with van der Waals surface area (Å²) in [7, 11) is 0. The molecule has 1 unspecified atom stereocenters. The molecule has 3 nitrogen and oxygen atoms in total. The van der Waals surface area contributed by atoms with Crippen LogP contribution in [0.15, 0.2) is 70.5 Å². The van der Waals surface area contributed by atoms with Crippen molar-refractivity contribution in [1.82, 2.24) is 0 Å². The summed E-state index contributed by atoms with van der Waals surface area (Å²) < 4.78 is 1.24. The van der Waals surface area contributed by atoms with E-state index in [0.717, 1.165) is 16.0 Å². The third-order valence-corrected chi connectivity index (χ3v) is 7.70. The van der Waals surface area contributed by atoms with Gasteiger partial charge in [-0.05, 0) is 59.3 Å². The number of hydrogen-bond acceptors (Lipinski definition) is 5. The molecular weight excluding hydrogens is 400 g/mol. The van der Waals surface area contributed by atoms with E-state index in [-0.39, 0.29) is 23.2 Å². The van der Waals surface area contributed by atoms with Gasteiger partial charge < -0.3 is 10.2 Å². The maximum Gasteiger partial charge on any atom is 0.171 e. The van der Waals surface area contributed by atoms with Crippen molar-refractivity contribution in [2.45, 2.75) is 29.1 Å². The number of hydrogen-bond donors (Lipinski definition) is 2. The number of rotatable bonds is 2. The number of Topliss-reactive ketones (excluding diaryl/α,β-unsaturated/α-hetero) is 1. The van der Waals surface area contributed by atoms with Gasteiger partial charge in [-0.15, -0.1) is 11.3 Å². The first-order valence-corrected chi connectivity index (χ1v) is 11.1. The Morgan fingerprint density at radius 2 is 1.72 bits per heavy atom. The fourth-order valence-electron chi connectivity index (χ4n) is 3.88. The highest BCUT2D eigenvalue weighted by Gasteiger charge is 2.30. The Bertz CT molecular complexity index is 1240. The minimum Gasteiger partial charge on any atom is -0.504 e. The van der Waals surface area contributed by atoms with Gasteiger partial charge in [0.1, 0.15) is 0 Å². The zero-order valence-electron chi connectivity index (χ0n) is 15.7. The molecular formula is C24H18O3S2. The van der Waals surface area contributed by atoms with Gasteiger partial charge >= 0.3 is 0 Å². The second-order valence-corrected chi connectivity index (χ2v) is 9.33. The van der Waals surface area contributed by atoms with Gasteiger partial charge in [-0.25, -0.2) is 0 Å². The number of benzene rings is 3. The first kappa shape index (κ1) is 18.3. The number of thiophene rings is 1. The Balaban J connectivity index is 1.66. The van der Waals surface area contributed by atoms with Crippen molar-refractivity contribution in [3.8, 4) is 21.9 Å². The van der Waals surface area contributed by atoms with Crippen LogP contribution >= 0.6 is 23.1 Å². The molecule has 1 atom stereocenters. The number of phenolic OH excluding ortho intramolecular Hbond substituents is 2. The summed E-state index contributed by atoms with van der Waals surface area (Å²) in [6.07, 6.45) is 0.670. The minimum absolute atomic E-state index is 0.0162. The Hall–Kier alpha value is -2.76. The molecule has 3 aromatic carbocycles. The lowest BCUT2D eigenvalue weighted by molar-refractivity contribution is 0.0953. The van der Waals surface area contributed by atoms with Crippen molar-refractivity contribution in [2.75, 3.05) is 0 Å². The van der Waals surface area contributed by atoms with Gasteiger partial charge in [-0.3, -0.25) is 4.79 Å². The summed E-state index contributed by atoms with van der Waals surface area (Å²) in [5.41, 5.74) is 2.58. The zero-order valence-corrected chi connectivity index (χ0v) is 17.3. The number of phenols is 2. The van der Waals surface area contributed by atoms with Crippen molar-refractivity contribution in [3.63, 3.8) is 0 Å². The third-order valence-electron chi connectivity index (χ3n) is 5.38. The predicted octanol–water partition coefficient (Wildman–Crippen LogP) is 6.82. The van der Waals surface area contributed by atoms with Gasteiger partial charge in [-0.1, -0.05) is 43.0 Å². The van der Waals surface area contributed by atoms with Gasteiger partial charge in [0.15, 0.2) is 17.3 Å². The fourth-order valence-corrected chi connectivity index (χ4v) is 6.07. The van der Waals surface area contributed by atoms with Crippen LogP contribution in [0.25, 0.3) is 20.5 Å².